The number of rotatable bonds is 5. The smallest absolute Gasteiger partial charge is 0.253 e. The monoisotopic (exact) mass is 298 g/mol. The SMILES string of the molecule is CN(C)C(=O)c1cccc(S(=O)(=O)N[C@H]2C[C@H]2CO)c1. The van der Waals surface area contributed by atoms with Crippen molar-refractivity contribution in [2.75, 3.05) is 20.7 Å². The fourth-order valence-corrected chi connectivity index (χ4v) is 3.28. The highest BCUT2D eigenvalue weighted by Crippen LogP contribution is 2.31. The first-order chi connectivity index (χ1) is 9.35. The maximum Gasteiger partial charge on any atom is 0.253 e. The largest absolute Gasteiger partial charge is 0.396 e. The van der Waals surface area contributed by atoms with Crippen molar-refractivity contribution in [1.82, 2.24) is 9.62 Å². The molecule has 2 atom stereocenters. The third kappa shape index (κ3) is 3.17. The van der Waals surface area contributed by atoms with Crippen molar-refractivity contribution < 1.29 is 18.3 Å². The van der Waals surface area contributed by atoms with Gasteiger partial charge in [0.1, 0.15) is 0 Å². The Kier molecular flexibility index (Phi) is 4.12. The molecule has 2 N–H and O–H groups in total. The van der Waals surface area contributed by atoms with E-state index in [4.69, 9.17) is 5.11 Å². The minimum atomic E-state index is -3.65. The number of carbonyl (C=O) groups is 1. The third-order valence-electron chi connectivity index (χ3n) is 3.26. The van der Waals surface area contributed by atoms with Gasteiger partial charge in [0.05, 0.1) is 4.90 Å². The molecule has 0 bridgehead atoms. The van der Waals surface area contributed by atoms with E-state index in [9.17, 15) is 13.2 Å². The van der Waals surface area contributed by atoms with Crippen molar-refractivity contribution in [3.05, 3.63) is 29.8 Å². The number of nitrogens with zero attached hydrogens (tertiary/aromatic N) is 1. The number of amides is 1. The molecule has 1 aromatic rings. The normalized spacial score (nSPS) is 21.6. The highest BCUT2D eigenvalue weighted by atomic mass is 32.2. The van der Waals surface area contributed by atoms with E-state index >= 15 is 0 Å². The lowest BCUT2D eigenvalue weighted by Crippen LogP contribution is -2.28. The Balaban J connectivity index is 2.20. The lowest BCUT2D eigenvalue weighted by Gasteiger charge is -2.11. The number of hydrogen-bond donors (Lipinski definition) is 2. The molecule has 110 valence electrons. The summed E-state index contributed by atoms with van der Waals surface area (Å²) in [6, 6.07) is 5.72. The van der Waals surface area contributed by atoms with Gasteiger partial charge in [-0.25, -0.2) is 13.1 Å². The zero-order valence-corrected chi connectivity index (χ0v) is 12.2. The minimum absolute atomic E-state index is 0.00337. The summed E-state index contributed by atoms with van der Waals surface area (Å²) in [5, 5.41) is 8.94. The van der Waals surface area contributed by atoms with Crippen molar-refractivity contribution in [3.8, 4) is 0 Å². The van der Waals surface area contributed by atoms with Crippen LogP contribution in [-0.4, -0.2) is 51.1 Å². The number of sulfonamides is 1. The van der Waals surface area contributed by atoms with Crippen LogP contribution in [0.15, 0.2) is 29.2 Å². The fourth-order valence-electron chi connectivity index (χ4n) is 1.92. The summed E-state index contributed by atoms with van der Waals surface area (Å²) in [5.74, 6) is -0.252. The summed E-state index contributed by atoms with van der Waals surface area (Å²) in [7, 11) is -0.436. The van der Waals surface area contributed by atoms with Gasteiger partial charge in [-0.2, -0.15) is 0 Å². The van der Waals surface area contributed by atoms with Crippen LogP contribution in [0.5, 0.6) is 0 Å². The van der Waals surface area contributed by atoms with Crippen LogP contribution in [0, 0.1) is 5.92 Å². The van der Waals surface area contributed by atoms with Gasteiger partial charge < -0.3 is 10.0 Å². The predicted molar refractivity (Wildman–Crippen MR) is 73.8 cm³/mol. The average molecular weight is 298 g/mol. The molecule has 1 aromatic carbocycles. The second-order valence-corrected chi connectivity index (χ2v) is 6.85. The maximum absolute atomic E-state index is 12.2. The van der Waals surface area contributed by atoms with Crippen LogP contribution in [0.25, 0.3) is 0 Å². The van der Waals surface area contributed by atoms with E-state index < -0.39 is 10.0 Å². The Labute approximate surface area is 118 Å². The Bertz CT molecular complexity index is 613. The van der Waals surface area contributed by atoms with Crippen LogP contribution in [0.4, 0.5) is 0 Å². The summed E-state index contributed by atoms with van der Waals surface area (Å²) >= 11 is 0. The van der Waals surface area contributed by atoms with Gasteiger partial charge in [0.2, 0.25) is 10.0 Å². The molecule has 0 aliphatic heterocycles. The number of nitrogens with one attached hydrogen (secondary N) is 1. The summed E-state index contributed by atoms with van der Waals surface area (Å²) < 4.78 is 26.9. The van der Waals surface area contributed by atoms with Crippen LogP contribution in [0.3, 0.4) is 0 Å². The quantitative estimate of drug-likeness (QED) is 0.804. The molecule has 20 heavy (non-hydrogen) atoms. The van der Waals surface area contributed by atoms with Gasteiger partial charge in [-0.15, -0.1) is 0 Å². The van der Waals surface area contributed by atoms with E-state index in [1.807, 2.05) is 0 Å². The molecule has 2 rings (SSSR count). The van der Waals surface area contributed by atoms with Crippen LogP contribution < -0.4 is 4.72 Å². The Morgan fingerprint density at radius 1 is 1.45 bits per heavy atom. The van der Waals surface area contributed by atoms with Crippen molar-refractivity contribution in [1.29, 1.82) is 0 Å². The zero-order valence-electron chi connectivity index (χ0n) is 11.4. The van der Waals surface area contributed by atoms with Crippen molar-refractivity contribution >= 4 is 15.9 Å². The average Bonchev–Trinajstić information content (AvgIpc) is 3.15. The van der Waals surface area contributed by atoms with Gasteiger partial charge >= 0.3 is 0 Å². The van der Waals surface area contributed by atoms with Crippen molar-refractivity contribution in [2.45, 2.75) is 17.4 Å². The van der Waals surface area contributed by atoms with Crippen LogP contribution in [0.1, 0.15) is 16.8 Å². The zero-order chi connectivity index (χ0) is 14.9. The highest BCUT2D eigenvalue weighted by molar-refractivity contribution is 7.89. The summed E-state index contributed by atoms with van der Waals surface area (Å²) in [5.41, 5.74) is 0.326. The Morgan fingerprint density at radius 2 is 2.15 bits per heavy atom. The molecule has 1 saturated carbocycles. The molecule has 0 spiro atoms. The topological polar surface area (TPSA) is 86.7 Å². The van der Waals surface area contributed by atoms with Gasteiger partial charge in [0, 0.05) is 32.3 Å². The van der Waals surface area contributed by atoms with Crippen molar-refractivity contribution in [3.63, 3.8) is 0 Å². The Morgan fingerprint density at radius 3 is 2.70 bits per heavy atom. The summed E-state index contributed by atoms with van der Waals surface area (Å²) in [6.45, 7) is -0.0215. The number of carbonyl (C=O) groups excluding carboxylic acids is 1. The minimum Gasteiger partial charge on any atom is -0.396 e. The molecule has 0 aromatic heterocycles. The predicted octanol–water partition coefficient (Wildman–Crippen LogP) is 0.0475. The standard InChI is InChI=1S/C13H18N2O4S/c1-15(2)13(17)9-4-3-5-11(6-9)20(18,19)14-12-7-10(12)8-16/h3-6,10,12,14,16H,7-8H2,1-2H3/t10-,12-/m0/s1. The number of benzene rings is 1. The lowest BCUT2D eigenvalue weighted by molar-refractivity contribution is 0.0827. The summed E-state index contributed by atoms with van der Waals surface area (Å²) in [6.07, 6.45) is 0.645. The lowest BCUT2D eigenvalue weighted by atomic mass is 10.2. The first-order valence-corrected chi connectivity index (χ1v) is 7.78. The van der Waals surface area contributed by atoms with Crippen molar-refractivity contribution in [2.24, 2.45) is 5.92 Å². The van der Waals surface area contributed by atoms with Crippen LogP contribution in [-0.2, 0) is 10.0 Å². The highest BCUT2D eigenvalue weighted by Gasteiger charge is 2.39. The molecule has 1 amide bonds. The Hall–Kier alpha value is -1.44. The van der Waals surface area contributed by atoms with Gasteiger partial charge in [-0.05, 0) is 30.5 Å². The van der Waals surface area contributed by atoms with Gasteiger partial charge in [0.25, 0.3) is 5.91 Å². The van der Waals surface area contributed by atoms with E-state index in [2.05, 4.69) is 4.72 Å². The number of aliphatic hydroxyl groups excluding tert-OH is 1. The molecule has 0 radical (unpaired) electrons. The van der Waals surface area contributed by atoms with E-state index in [1.54, 1.807) is 26.2 Å². The van der Waals surface area contributed by atoms with Gasteiger partial charge in [0.15, 0.2) is 0 Å². The molecule has 6 nitrogen and oxygen atoms in total. The van der Waals surface area contributed by atoms with E-state index in [1.165, 1.54) is 17.0 Å². The van der Waals surface area contributed by atoms with E-state index in [0.717, 1.165) is 0 Å². The van der Waals surface area contributed by atoms with Gasteiger partial charge in [-0.1, -0.05) is 6.07 Å². The first kappa shape index (κ1) is 15.0. The fraction of sp³-hybridized carbons (Fsp3) is 0.462. The second kappa shape index (κ2) is 5.51. The van der Waals surface area contributed by atoms with E-state index in [-0.39, 0.29) is 29.4 Å². The van der Waals surface area contributed by atoms with Crippen LogP contribution >= 0.6 is 0 Å². The molecular weight excluding hydrogens is 280 g/mol. The number of aliphatic hydroxyl groups is 1. The molecule has 1 aliphatic rings. The van der Waals surface area contributed by atoms with Gasteiger partial charge in [-0.3, -0.25) is 4.79 Å². The third-order valence-corrected chi connectivity index (χ3v) is 4.75. The molecule has 0 heterocycles. The number of hydrogen-bond acceptors (Lipinski definition) is 4. The second-order valence-electron chi connectivity index (χ2n) is 5.13. The first-order valence-electron chi connectivity index (χ1n) is 6.30. The van der Waals surface area contributed by atoms with E-state index in [0.29, 0.717) is 12.0 Å². The molecular formula is C13H18N2O4S. The van der Waals surface area contributed by atoms with Crippen LogP contribution in [0.2, 0.25) is 0 Å². The maximum atomic E-state index is 12.2. The molecule has 7 heteroatoms. The molecule has 1 aliphatic carbocycles. The molecule has 0 unspecified atom stereocenters. The summed E-state index contributed by atoms with van der Waals surface area (Å²) in [4.78, 5) is 13.3. The molecule has 0 saturated heterocycles. The molecule has 1 fully saturated rings.